The van der Waals surface area contributed by atoms with Crippen LogP contribution in [0.25, 0.3) is 10.2 Å². The van der Waals surface area contributed by atoms with Crippen LogP contribution in [0.1, 0.15) is 15.4 Å². The van der Waals surface area contributed by atoms with Crippen molar-refractivity contribution in [3.8, 4) is 0 Å². The van der Waals surface area contributed by atoms with Gasteiger partial charge in [0.25, 0.3) is 0 Å². The van der Waals surface area contributed by atoms with Crippen LogP contribution < -0.4 is 5.32 Å². The summed E-state index contributed by atoms with van der Waals surface area (Å²) in [6.07, 6.45) is 0. The van der Waals surface area contributed by atoms with Gasteiger partial charge in [0.1, 0.15) is 11.6 Å². The van der Waals surface area contributed by atoms with Crippen LogP contribution in [0, 0.1) is 0 Å². The average Bonchev–Trinajstić information content (AvgIpc) is 3.01. The SMILES string of the molecule is O=C(OCc1nc2ccccc2s1)c1ccccc1NCCO. The fourth-order valence-corrected chi connectivity index (χ4v) is 3.07. The highest BCUT2D eigenvalue weighted by atomic mass is 32.1. The molecule has 0 unspecified atom stereocenters. The number of rotatable bonds is 6. The van der Waals surface area contributed by atoms with E-state index in [2.05, 4.69) is 10.3 Å². The van der Waals surface area contributed by atoms with Gasteiger partial charge in [-0.25, -0.2) is 9.78 Å². The molecule has 6 heteroatoms. The van der Waals surface area contributed by atoms with Gasteiger partial charge in [0.05, 0.1) is 22.4 Å². The average molecular weight is 328 g/mol. The number of aliphatic hydroxyl groups is 1. The minimum Gasteiger partial charge on any atom is -0.455 e. The summed E-state index contributed by atoms with van der Waals surface area (Å²) < 4.78 is 6.44. The van der Waals surface area contributed by atoms with E-state index >= 15 is 0 Å². The number of hydrogen-bond acceptors (Lipinski definition) is 6. The number of ether oxygens (including phenoxy) is 1. The van der Waals surface area contributed by atoms with E-state index in [9.17, 15) is 4.79 Å². The van der Waals surface area contributed by atoms with Crippen molar-refractivity contribution in [3.05, 3.63) is 59.1 Å². The van der Waals surface area contributed by atoms with Gasteiger partial charge < -0.3 is 15.2 Å². The Morgan fingerprint density at radius 3 is 2.78 bits per heavy atom. The summed E-state index contributed by atoms with van der Waals surface area (Å²) in [5, 5.41) is 12.7. The second-order valence-electron chi connectivity index (χ2n) is 4.85. The summed E-state index contributed by atoms with van der Waals surface area (Å²) in [5.74, 6) is -0.412. The molecule has 0 fully saturated rings. The molecule has 23 heavy (non-hydrogen) atoms. The van der Waals surface area contributed by atoms with Crippen molar-refractivity contribution in [2.24, 2.45) is 0 Å². The summed E-state index contributed by atoms with van der Waals surface area (Å²) >= 11 is 1.52. The monoisotopic (exact) mass is 328 g/mol. The number of anilines is 1. The minimum atomic E-state index is -0.412. The molecule has 2 N–H and O–H groups in total. The predicted octanol–water partition coefficient (Wildman–Crippen LogP) is 3.06. The van der Waals surface area contributed by atoms with Gasteiger partial charge in [-0.3, -0.25) is 0 Å². The van der Waals surface area contributed by atoms with Crippen molar-refractivity contribution in [2.75, 3.05) is 18.5 Å². The standard InChI is InChI=1S/C17H16N2O3S/c20-10-9-18-13-6-2-1-5-12(13)17(21)22-11-16-19-14-7-3-4-8-15(14)23-16/h1-8,18,20H,9-11H2. The topological polar surface area (TPSA) is 71.5 Å². The molecule has 1 aromatic heterocycles. The molecule has 0 saturated carbocycles. The lowest BCUT2D eigenvalue weighted by Crippen LogP contribution is -2.12. The highest BCUT2D eigenvalue weighted by molar-refractivity contribution is 7.18. The zero-order valence-electron chi connectivity index (χ0n) is 12.4. The van der Waals surface area contributed by atoms with Crippen molar-refractivity contribution in [1.29, 1.82) is 0 Å². The quantitative estimate of drug-likeness (QED) is 0.681. The van der Waals surface area contributed by atoms with E-state index in [0.29, 0.717) is 17.8 Å². The van der Waals surface area contributed by atoms with Crippen LogP contribution in [0.15, 0.2) is 48.5 Å². The summed E-state index contributed by atoms with van der Waals surface area (Å²) in [7, 11) is 0. The molecule has 0 aliphatic heterocycles. The number of benzene rings is 2. The Labute approximate surface area is 137 Å². The van der Waals surface area contributed by atoms with Gasteiger partial charge in [-0.15, -0.1) is 11.3 Å². The van der Waals surface area contributed by atoms with Gasteiger partial charge >= 0.3 is 5.97 Å². The Balaban J connectivity index is 1.69. The van der Waals surface area contributed by atoms with Gasteiger partial charge in [-0.05, 0) is 24.3 Å². The van der Waals surface area contributed by atoms with Crippen LogP contribution in [0.5, 0.6) is 0 Å². The number of hydrogen-bond donors (Lipinski definition) is 2. The second-order valence-corrected chi connectivity index (χ2v) is 5.96. The Morgan fingerprint density at radius 2 is 1.96 bits per heavy atom. The Morgan fingerprint density at radius 1 is 1.17 bits per heavy atom. The minimum absolute atomic E-state index is 0.00487. The molecular formula is C17H16N2O3S. The number of nitrogens with zero attached hydrogens (tertiary/aromatic N) is 1. The molecule has 0 saturated heterocycles. The fourth-order valence-electron chi connectivity index (χ4n) is 2.19. The number of carbonyl (C=O) groups excluding carboxylic acids is 1. The molecule has 0 radical (unpaired) electrons. The number of fused-ring (bicyclic) bond motifs is 1. The number of aromatic nitrogens is 1. The zero-order chi connectivity index (χ0) is 16.1. The molecule has 118 valence electrons. The molecule has 0 atom stereocenters. The first kappa shape index (κ1) is 15.5. The van der Waals surface area contributed by atoms with Crippen LogP contribution in [0.3, 0.4) is 0 Å². The van der Waals surface area contributed by atoms with E-state index in [1.807, 2.05) is 30.3 Å². The van der Waals surface area contributed by atoms with Crippen LogP contribution >= 0.6 is 11.3 Å². The highest BCUT2D eigenvalue weighted by Gasteiger charge is 2.13. The smallest absolute Gasteiger partial charge is 0.340 e. The van der Waals surface area contributed by atoms with Crippen molar-refractivity contribution < 1.29 is 14.6 Å². The van der Waals surface area contributed by atoms with E-state index in [1.54, 1.807) is 18.2 Å². The first-order valence-corrected chi connectivity index (χ1v) is 8.05. The largest absolute Gasteiger partial charge is 0.455 e. The summed E-state index contributed by atoms with van der Waals surface area (Å²) in [4.78, 5) is 16.7. The second kappa shape index (κ2) is 7.21. The fraction of sp³-hybridized carbons (Fsp3) is 0.176. The van der Waals surface area contributed by atoms with E-state index in [0.717, 1.165) is 15.2 Å². The lowest BCUT2D eigenvalue weighted by molar-refractivity contribution is 0.0473. The van der Waals surface area contributed by atoms with Gasteiger partial charge in [0, 0.05) is 12.2 Å². The molecule has 1 heterocycles. The lowest BCUT2D eigenvalue weighted by atomic mass is 10.2. The van der Waals surface area contributed by atoms with Crippen LogP contribution in [-0.2, 0) is 11.3 Å². The normalized spacial score (nSPS) is 10.7. The van der Waals surface area contributed by atoms with Gasteiger partial charge in [0.2, 0.25) is 0 Å². The molecule has 3 aromatic rings. The predicted molar refractivity (Wildman–Crippen MR) is 90.8 cm³/mol. The molecule has 0 amide bonds. The lowest BCUT2D eigenvalue weighted by Gasteiger charge is -2.10. The molecular weight excluding hydrogens is 312 g/mol. The molecule has 0 spiro atoms. The molecule has 2 aromatic carbocycles. The Kier molecular flexibility index (Phi) is 4.85. The van der Waals surface area contributed by atoms with Crippen molar-refractivity contribution >= 4 is 33.2 Å². The number of thiazole rings is 1. The van der Waals surface area contributed by atoms with E-state index in [4.69, 9.17) is 9.84 Å². The zero-order valence-corrected chi connectivity index (χ0v) is 13.2. The van der Waals surface area contributed by atoms with Crippen molar-refractivity contribution in [2.45, 2.75) is 6.61 Å². The van der Waals surface area contributed by atoms with E-state index in [1.165, 1.54) is 11.3 Å². The third-order valence-corrected chi connectivity index (χ3v) is 4.25. The number of nitrogens with one attached hydrogen (secondary N) is 1. The number of para-hydroxylation sites is 2. The molecule has 3 rings (SSSR count). The summed E-state index contributed by atoms with van der Waals surface area (Å²) in [5.41, 5.74) is 2.01. The van der Waals surface area contributed by atoms with Crippen molar-refractivity contribution in [1.82, 2.24) is 4.98 Å². The number of carbonyl (C=O) groups is 1. The number of aliphatic hydroxyl groups excluding tert-OH is 1. The third kappa shape index (κ3) is 3.67. The molecule has 0 aliphatic rings. The van der Waals surface area contributed by atoms with Crippen LogP contribution in [-0.4, -0.2) is 29.2 Å². The van der Waals surface area contributed by atoms with E-state index in [-0.39, 0.29) is 13.2 Å². The maximum atomic E-state index is 12.3. The highest BCUT2D eigenvalue weighted by Crippen LogP contribution is 2.23. The molecule has 0 aliphatic carbocycles. The number of esters is 1. The van der Waals surface area contributed by atoms with Crippen molar-refractivity contribution in [3.63, 3.8) is 0 Å². The van der Waals surface area contributed by atoms with Crippen LogP contribution in [0.2, 0.25) is 0 Å². The van der Waals surface area contributed by atoms with Gasteiger partial charge in [-0.2, -0.15) is 0 Å². The van der Waals surface area contributed by atoms with Crippen LogP contribution in [0.4, 0.5) is 5.69 Å². The molecule has 5 nitrogen and oxygen atoms in total. The first-order valence-electron chi connectivity index (χ1n) is 7.23. The summed E-state index contributed by atoms with van der Waals surface area (Å²) in [6.45, 7) is 0.518. The Hall–Kier alpha value is -2.44. The van der Waals surface area contributed by atoms with E-state index < -0.39 is 5.97 Å². The maximum absolute atomic E-state index is 12.3. The first-order chi connectivity index (χ1) is 11.3. The third-order valence-electron chi connectivity index (χ3n) is 3.24. The maximum Gasteiger partial charge on any atom is 0.340 e. The molecule has 0 bridgehead atoms. The van der Waals surface area contributed by atoms with Gasteiger partial charge in [0.15, 0.2) is 0 Å². The summed E-state index contributed by atoms with van der Waals surface area (Å²) in [6, 6.07) is 14.9. The Bertz CT molecular complexity index is 783. The van der Waals surface area contributed by atoms with Gasteiger partial charge in [-0.1, -0.05) is 24.3 Å².